The van der Waals surface area contributed by atoms with E-state index in [1.807, 2.05) is 6.92 Å². The van der Waals surface area contributed by atoms with Gasteiger partial charge in [0.2, 0.25) is 0 Å². The second-order valence-electron chi connectivity index (χ2n) is 4.12. The van der Waals surface area contributed by atoms with Crippen LogP contribution in [0.25, 0.3) is 0 Å². The largest absolute Gasteiger partial charge is 0.336 e. The fourth-order valence-corrected chi connectivity index (χ4v) is 1.92. The fraction of sp³-hybridized carbons (Fsp3) is 0.417. The van der Waals surface area contributed by atoms with Gasteiger partial charge in [-0.1, -0.05) is 6.07 Å². The molecule has 1 atom stereocenters. The maximum Gasteiger partial charge on any atom is 0.254 e. The molecule has 1 amide bonds. The molecular weight excluding hydrogens is 243 g/mol. The average Bonchev–Trinajstić information content (AvgIpc) is 2.28. The van der Waals surface area contributed by atoms with Crippen molar-refractivity contribution in [2.45, 2.75) is 13.0 Å². The molecule has 1 unspecified atom stereocenters. The van der Waals surface area contributed by atoms with Crippen molar-refractivity contribution in [3.05, 3.63) is 35.6 Å². The first-order valence-electron chi connectivity index (χ1n) is 5.45. The number of piperazine rings is 1. The molecule has 17 heavy (non-hydrogen) atoms. The molecule has 94 valence electrons. The molecule has 0 radical (unpaired) electrons. The highest BCUT2D eigenvalue weighted by atomic mass is 35.5. The van der Waals surface area contributed by atoms with Gasteiger partial charge in [-0.05, 0) is 25.1 Å². The summed E-state index contributed by atoms with van der Waals surface area (Å²) in [6.45, 7) is 4.18. The van der Waals surface area contributed by atoms with Crippen LogP contribution in [0.4, 0.5) is 4.39 Å². The number of hydrogen-bond acceptors (Lipinski definition) is 2. The Bertz CT molecular complexity index is 400. The van der Waals surface area contributed by atoms with Crippen LogP contribution in [0.2, 0.25) is 0 Å². The summed E-state index contributed by atoms with van der Waals surface area (Å²) in [6, 6.07) is 6.14. The lowest BCUT2D eigenvalue weighted by Gasteiger charge is -2.31. The SMILES string of the molecule is CC1CN(C(=O)c2cccc(F)c2)CCN1.Cl. The van der Waals surface area contributed by atoms with Crippen molar-refractivity contribution >= 4 is 18.3 Å². The smallest absolute Gasteiger partial charge is 0.254 e. The van der Waals surface area contributed by atoms with E-state index in [4.69, 9.17) is 0 Å². The molecule has 1 aliphatic rings. The first kappa shape index (κ1) is 13.9. The Kier molecular flexibility index (Phi) is 4.90. The number of carbonyl (C=O) groups excluding carboxylic acids is 1. The normalized spacial score (nSPS) is 19.6. The zero-order chi connectivity index (χ0) is 11.5. The van der Waals surface area contributed by atoms with Gasteiger partial charge in [-0.15, -0.1) is 12.4 Å². The van der Waals surface area contributed by atoms with Crippen LogP contribution in [0.3, 0.4) is 0 Å². The maximum absolute atomic E-state index is 13.0. The van der Waals surface area contributed by atoms with Gasteiger partial charge in [-0.2, -0.15) is 0 Å². The maximum atomic E-state index is 13.0. The second-order valence-corrected chi connectivity index (χ2v) is 4.12. The van der Waals surface area contributed by atoms with E-state index in [0.717, 1.165) is 6.54 Å². The highest BCUT2D eigenvalue weighted by Crippen LogP contribution is 2.09. The zero-order valence-electron chi connectivity index (χ0n) is 9.65. The number of hydrogen-bond donors (Lipinski definition) is 1. The number of halogens is 2. The molecule has 0 saturated carbocycles. The molecule has 3 nitrogen and oxygen atoms in total. The van der Waals surface area contributed by atoms with E-state index in [0.29, 0.717) is 24.7 Å². The summed E-state index contributed by atoms with van der Waals surface area (Å²) in [5, 5.41) is 3.26. The van der Waals surface area contributed by atoms with Crippen LogP contribution < -0.4 is 5.32 Å². The van der Waals surface area contributed by atoms with Crippen molar-refractivity contribution in [3.63, 3.8) is 0 Å². The third kappa shape index (κ3) is 3.41. The van der Waals surface area contributed by atoms with Gasteiger partial charge in [0.25, 0.3) is 5.91 Å². The lowest BCUT2D eigenvalue weighted by molar-refractivity contribution is 0.0708. The van der Waals surface area contributed by atoms with Crippen molar-refractivity contribution in [1.29, 1.82) is 0 Å². The van der Waals surface area contributed by atoms with Gasteiger partial charge in [0.15, 0.2) is 0 Å². The number of carbonyl (C=O) groups is 1. The minimum atomic E-state index is -0.367. The van der Waals surface area contributed by atoms with E-state index in [-0.39, 0.29) is 24.1 Å². The summed E-state index contributed by atoms with van der Waals surface area (Å²) < 4.78 is 13.0. The molecule has 1 N–H and O–H groups in total. The van der Waals surface area contributed by atoms with Crippen LogP contribution in [-0.2, 0) is 0 Å². The number of nitrogens with one attached hydrogen (secondary N) is 1. The number of rotatable bonds is 1. The van der Waals surface area contributed by atoms with Gasteiger partial charge in [0.1, 0.15) is 5.82 Å². The third-order valence-corrected chi connectivity index (χ3v) is 2.73. The molecule has 1 aromatic carbocycles. The molecular formula is C12H16ClFN2O. The summed E-state index contributed by atoms with van der Waals surface area (Å²) in [4.78, 5) is 13.8. The van der Waals surface area contributed by atoms with Crippen LogP contribution >= 0.6 is 12.4 Å². The van der Waals surface area contributed by atoms with Gasteiger partial charge in [-0.25, -0.2) is 4.39 Å². The average molecular weight is 259 g/mol. The Hall–Kier alpha value is -1.13. The fourth-order valence-electron chi connectivity index (χ4n) is 1.92. The Balaban J connectivity index is 0.00000144. The summed E-state index contributed by atoms with van der Waals surface area (Å²) in [5.74, 6) is -0.457. The number of nitrogens with zero attached hydrogens (tertiary/aromatic N) is 1. The van der Waals surface area contributed by atoms with Crippen molar-refractivity contribution in [2.24, 2.45) is 0 Å². The van der Waals surface area contributed by atoms with E-state index in [1.54, 1.807) is 17.0 Å². The molecule has 1 aliphatic heterocycles. The summed E-state index contributed by atoms with van der Waals surface area (Å²) >= 11 is 0. The molecule has 1 heterocycles. The summed E-state index contributed by atoms with van der Waals surface area (Å²) in [5.41, 5.74) is 0.425. The third-order valence-electron chi connectivity index (χ3n) is 2.73. The van der Waals surface area contributed by atoms with Crippen molar-refractivity contribution in [3.8, 4) is 0 Å². The predicted molar refractivity (Wildman–Crippen MR) is 67.0 cm³/mol. The lowest BCUT2D eigenvalue weighted by Crippen LogP contribution is -2.51. The Labute approximate surface area is 106 Å². The van der Waals surface area contributed by atoms with Gasteiger partial charge in [-0.3, -0.25) is 4.79 Å². The van der Waals surface area contributed by atoms with Crippen molar-refractivity contribution < 1.29 is 9.18 Å². The number of amides is 1. The first-order valence-corrected chi connectivity index (χ1v) is 5.45. The van der Waals surface area contributed by atoms with Crippen LogP contribution in [0.15, 0.2) is 24.3 Å². The molecule has 5 heteroatoms. The predicted octanol–water partition coefficient (Wildman–Crippen LogP) is 1.68. The quantitative estimate of drug-likeness (QED) is 0.831. The van der Waals surface area contributed by atoms with Crippen molar-refractivity contribution in [2.75, 3.05) is 19.6 Å². The van der Waals surface area contributed by atoms with Gasteiger partial charge < -0.3 is 10.2 Å². The molecule has 2 rings (SSSR count). The Morgan fingerprint density at radius 3 is 2.94 bits per heavy atom. The molecule has 1 saturated heterocycles. The van der Waals surface area contributed by atoms with Gasteiger partial charge in [0, 0.05) is 31.2 Å². The van der Waals surface area contributed by atoms with E-state index >= 15 is 0 Å². The zero-order valence-corrected chi connectivity index (χ0v) is 10.5. The topological polar surface area (TPSA) is 32.3 Å². The van der Waals surface area contributed by atoms with Crippen LogP contribution in [0.1, 0.15) is 17.3 Å². The van der Waals surface area contributed by atoms with Crippen LogP contribution in [-0.4, -0.2) is 36.5 Å². The van der Waals surface area contributed by atoms with Crippen LogP contribution in [0.5, 0.6) is 0 Å². The molecule has 0 spiro atoms. The van der Waals surface area contributed by atoms with Crippen molar-refractivity contribution in [1.82, 2.24) is 10.2 Å². The molecule has 0 aromatic heterocycles. The molecule has 0 aliphatic carbocycles. The standard InChI is InChI=1S/C12H15FN2O.ClH/c1-9-8-15(6-5-14-9)12(16)10-3-2-4-11(13)7-10;/h2-4,7,9,14H,5-6,8H2,1H3;1H. The van der Waals surface area contributed by atoms with E-state index in [2.05, 4.69) is 5.32 Å². The molecule has 1 fully saturated rings. The summed E-state index contributed by atoms with van der Waals surface area (Å²) in [7, 11) is 0. The van der Waals surface area contributed by atoms with E-state index < -0.39 is 0 Å². The second kappa shape index (κ2) is 5.98. The Morgan fingerprint density at radius 2 is 2.29 bits per heavy atom. The van der Waals surface area contributed by atoms with Crippen LogP contribution in [0, 0.1) is 5.82 Å². The minimum Gasteiger partial charge on any atom is -0.336 e. The Morgan fingerprint density at radius 1 is 1.53 bits per heavy atom. The van der Waals surface area contributed by atoms with Gasteiger partial charge >= 0.3 is 0 Å². The van der Waals surface area contributed by atoms with E-state index in [1.165, 1.54) is 12.1 Å². The lowest BCUT2D eigenvalue weighted by atomic mass is 10.1. The minimum absolute atomic E-state index is 0. The molecule has 0 bridgehead atoms. The first-order chi connectivity index (χ1) is 7.66. The molecule has 1 aromatic rings. The highest BCUT2D eigenvalue weighted by Gasteiger charge is 2.21. The monoisotopic (exact) mass is 258 g/mol. The van der Waals surface area contributed by atoms with Gasteiger partial charge in [0.05, 0.1) is 0 Å². The van der Waals surface area contributed by atoms with E-state index in [9.17, 15) is 9.18 Å². The summed E-state index contributed by atoms with van der Waals surface area (Å²) in [6.07, 6.45) is 0. The highest BCUT2D eigenvalue weighted by molar-refractivity contribution is 5.94. The number of benzene rings is 1.